The Labute approximate surface area is 209 Å². The number of aromatic nitrogens is 2. The standard InChI is InChI=1S/C26H24F3N3O3S/c1-26(2,34)24-9-16(5-7-30-24)14-32(19-6-8-36(35)15-19)25(33)12-23-22(29)11-18(13-31-23)17-3-4-20(27)21(28)10-17/h3-11,13,19,34H,12,14-15H2,1-2H3. The Morgan fingerprint density at radius 2 is 1.83 bits per heavy atom. The van der Waals surface area contributed by atoms with Gasteiger partial charge < -0.3 is 10.0 Å². The molecule has 10 heteroatoms. The molecule has 2 aromatic heterocycles. The number of amides is 1. The van der Waals surface area contributed by atoms with Crippen molar-refractivity contribution in [2.45, 2.75) is 38.5 Å². The highest BCUT2D eigenvalue weighted by Gasteiger charge is 2.28. The Bertz CT molecular complexity index is 1360. The molecule has 1 amide bonds. The predicted octanol–water partition coefficient (Wildman–Crippen LogP) is 4.00. The summed E-state index contributed by atoms with van der Waals surface area (Å²) in [5, 5.41) is 11.8. The van der Waals surface area contributed by atoms with Gasteiger partial charge in [0.25, 0.3) is 0 Å². The van der Waals surface area contributed by atoms with Crippen LogP contribution in [-0.4, -0.2) is 41.9 Å². The van der Waals surface area contributed by atoms with Gasteiger partial charge in [-0.1, -0.05) is 12.1 Å². The molecule has 1 N–H and O–H groups in total. The molecule has 1 aromatic carbocycles. The van der Waals surface area contributed by atoms with Crippen molar-refractivity contribution < 1.29 is 27.3 Å². The van der Waals surface area contributed by atoms with Crippen molar-refractivity contribution in [1.29, 1.82) is 0 Å². The average Bonchev–Trinajstić information content (AvgIpc) is 3.26. The second kappa shape index (κ2) is 10.3. The van der Waals surface area contributed by atoms with Gasteiger partial charge in [-0.2, -0.15) is 0 Å². The highest BCUT2D eigenvalue weighted by Crippen LogP contribution is 2.24. The number of pyridine rings is 2. The normalized spacial score (nSPS) is 17.4. The molecule has 0 spiro atoms. The van der Waals surface area contributed by atoms with E-state index in [-0.39, 0.29) is 35.5 Å². The van der Waals surface area contributed by atoms with Crippen molar-refractivity contribution in [2.75, 3.05) is 5.75 Å². The molecule has 0 fully saturated rings. The van der Waals surface area contributed by atoms with Crippen molar-refractivity contribution in [3.8, 4) is 11.1 Å². The molecule has 0 bridgehead atoms. The van der Waals surface area contributed by atoms with Crippen LogP contribution >= 0.6 is 0 Å². The van der Waals surface area contributed by atoms with Crippen molar-refractivity contribution in [1.82, 2.24) is 14.9 Å². The minimum absolute atomic E-state index is 0.105. The van der Waals surface area contributed by atoms with Crippen LogP contribution in [0.5, 0.6) is 0 Å². The van der Waals surface area contributed by atoms with E-state index in [2.05, 4.69) is 9.97 Å². The van der Waals surface area contributed by atoms with Crippen LogP contribution < -0.4 is 0 Å². The highest BCUT2D eigenvalue weighted by molar-refractivity contribution is 7.88. The molecule has 2 atom stereocenters. The number of aliphatic hydroxyl groups is 1. The summed E-state index contributed by atoms with van der Waals surface area (Å²) in [5.74, 6) is -3.05. The number of nitrogens with zero attached hydrogens (tertiary/aromatic N) is 3. The summed E-state index contributed by atoms with van der Waals surface area (Å²) in [5.41, 5.74) is 0.332. The number of carbonyl (C=O) groups excluding carboxylic acids is 1. The molecule has 1 aliphatic heterocycles. The lowest BCUT2D eigenvalue weighted by Crippen LogP contribution is -2.41. The van der Waals surface area contributed by atoms with Gasteiger partial charge in [-0.15, -0.1) is 0 Å². The smallest absolute Gasteiger partial charge is 0.229 e. The van der Waals surface area contributed by atoms with E-state index in [4.69, 9.17) is 0 Å². The number of carbonyl (C=O) groups is 1. The third kappa shape index (κ3) is 5.88. The fourth-order valence-corrected chi connectivity index (χ4v) is 4.92. The molecule has 0 aliphatic carbocycles. The SMILES string of the molecule is CC(C)(O)c1cc(CN(C(=O)Cc2ncc(-c3ccc(F)c(F)c3)cc2F)C2C=CS(=O)C2)ccn1. The molecule has 2 unspecified atom stereocenters. The van der Waals surface area contributed by atoms with Crippen LogP contribution in [0.15, 0.2) is 60.3 Å². The van der Waals surface area contributed by atoms with Gasteiger partial charge >= 0.3 is 0 Å². The van der Waals surface area contributed by atoms with Gasteiger partial charge in [-0.3, -0.25) is 19.0 Å². The van der Waals surface area contributed by atoms with E-state index in [9.17, 15) is 27.3 Å². The monoisotopic (exact) mass is 515 g/mol. The first kappa shape index (κ1) is 25.7. The van der Waals surface area contributed by atoms with Gasteiger partial charge in [0.1, 0.15) is 11.4 Å². The fraction of sp³-hybridized carbons (Fsp3) is 0.269. The summed E-state index contributed by atoms with van der Waals surface area (Å²) in [7, 11) is -1.22. The maximum absolute atomic E-state index is 14.9. The van der Waals surface area contributed by atoms with Gasteiger partial charge in [-0.25, -0.2) is 13.2 Å². The highest BCUT2D eigenvalue weighted by atomic mass is 32.2. The Hall–Kier alpha value is -3.37. The van der Waals surface area contributed by atoms with E-state index < -0.39 is 45.8 Å². The molecule has 36 heavy (non-hydrogen) atoms. The largest absolute Gasteiger partial charge is 0.384 e. The maximum Gasteiger partial charge on any atom is 0.229 e. The van der Waals surface area contributed by atoms with Crippen LogP contribution in [0.25, 0.3) is 11.1 Å². The van der Waals surface area contributed by atoms with E-state index in [1.807, 2.05) is 0 Å². The summed E-state index contributed by atoms with van der Waals surface area (Å²) in [6.45, 7) is 3.33. The van der Waals surface area contributed by atoms with Gasteiger partial charge in [-0.05, 0) is 55.3 Å². The zero-order valence-electron chi connectivity index (χ0n) is 19.6. The molecule has 0 saturated carbocycles. The molecule has 4 rings (SSSR count). The van der Waals surface area contributed by atoms with Crippen molar-refractivity contribution >= 4 is 16.7 Å². The minimum atomic E-state index is -1.22. The third-order valence-corrected chi connectivity index (χ3v) is 6.93. The molecule has 3 aromatic rings. The first-order valence-corrected chi connectivity index (χ1v) is 12.5. The van der Waals surface area contributed by atoms with E-state index in [1.165, 1.54) is 28.8 Å². The first-order valence-electron chi connectivity index (χ1n) is 11.1. The minimum Gasteiger partial charge on any atom is -0.384 e. The average molecular weight is 516 g/mol. The van der Waals surface area contributed by atoms with Crippen LogP contribution in [0.2, 0.25) is 0 Å². The van der Waals surface area contributed by atoms with E-state index >= 15 is 0 Å². The summed E-state index contributed by atoms with van der Waals surface area (Å²) in [6, 6.07) is 7.26. The molecule has 1 aliphatic rings. The molecule has 3 heterocycles. The molecule has 188 valence electrons. The Morgan fingerprint density at radius 3 is 2.47 bits per heavy atom. The summed E-state index contributed by atoms with van der Waals surface area (Å²) < 4.78 is 53.6. The number of hydrogen-bond acceptors (Lipinski definition) is 5. The zero-order chi connectivity index (χ0) is 26.0. The Kier molecular flexibility index (Phi) is 7.37. The molecule has 0 saturated heterocycles. The van der Waals surface area contributed by atoms with Gasteiger partial charge in [0.15, 0.2) is 11.6 Å². The van der Waals surface area contributed by atoms with Gasteiger partial charge in [0.2, 0.25) is 5.91 Å². The van der Waals surface area contributed by atoms with Crippen LogP contribution in [-0.2, 0) is 34.2 Å². The van der Waals surface area contributed by atoms with Crippen LogP contribution in [0.4, 0.5) is 13.2 Å². The number of halogens is 3. The quantitative estimate of drug-likeness (QED) is 0.514. The second-order valence-corrected chi connectivity index (χ2v) is 10.4. The first-order chi connectivity index (χ1) is 17.0. The van der Waals surface area contributed by atoms with E-state index in [0.29, 0.717) is 11.3 Å². The van der Waals surface area contributed by atoms with Crippen LogP contribution in [0, 0.1) is 17.5 Å². The molecule has 6 nitrogen and oxygen atoms in total. The second-order valence-electron chi connectivity index (χ2n) is 9.03. The molecule has 0 radical (unpaired) electrons. The van der Waals surface area contributed by atoms with Crippen molar-refractivity contribution in [2.24, 2.45) is 0 Å². The van der Waals surface area contributed by atoms with Crippen molar-refractivity contribution in [3.05, 3.63) is 94.7 Å². The van der Waals surface area contributed by atoms with Crippen LogP contribution in [0.3, 0.4) is 0 Å². The number of hydrogen-bond donors (Lipinski definition) is 1. The fourth-order valence-electron chi connectivity index (χ4n) is 3.82. The number of benzene rings is 1. The zero-order valence-corrected chi connectivity index (χ0v) is 20.4. The van der Waals surface area contributed by atoms with Gasteiger partial charge in [0.05, 0.1) is 29.6 Å². The molecular formula is C26H24F3N3O3S. The Balaban J connectivity index is 1.57. The molecular weight excluding hydrogens is 491 g/mol. The van der Waals surface area contributed by atoms with Crippen molar-refractivity contribution in [3.63, 3.8) is 0 Å². The Morgan fingerprint density at radius 1 is 1.08 bits per heavy atom. The summed E-state index contributed by atoms with van der Waals surface area (Å²) in [6.07, 6.45) is 4.16. The topological polar surface area (TPSA) is 83.4 Å². The van der Waals surface area contributed by atoms with Crippen LogP contribution in [0.1, 0.15) is 30.8 Å². The lowest BCUT2D eigenvalue weighted by molar-refractivity contribution is -0.132. The third-order valence-electron chi connectivity index (χ3n) is 5.80. The lowest BCUT2D eigenvalue weighted by atomic mass is 10.0. The lowest BCUT2D eigenvalue weighted by Gasteiger charge is -2.28. The predicted molar refractivity (Wildman–Crippen MR) is 129 cm³/mol. The van der Waals surface area contributed by atoms with Gasteiger partial charge in [0, 0.05) is 40.7 Å². The number of rotatable bonds is 7. The van der Waals surface area contributed by atoms with E-state index in [0.717, 1.165) is 18.2 Å². The summed E-state index contributed by atoms with van der Waals surface area (Å²) >= 11 is 0. The summed E-state index contributed by atoms with van der Waals surface area (Å²) in [4.78, 5) is 23.0. The van der Waals surface area contributed by atoms with E-state index in [1.54, 1.807) is 32.1 Å². The maximum atomic E-state index is 14.9.